The Hall–Kier alpha value is -2.27. The molecule has 162 valence electrons. The number of unbranched alkanes of at least 4 members (excludes halogenated alkanes) is 2. The highest BCUT2D eigenvalue weighted by atomic mass is 16.5. The highest BCUT2D eigenvalue weighted by molar-refractivity contribution is 5.95. The number of hydrogen-bond acceptors (Lipinski definition) is 5. The molecule has 5 heteroatoms. The average molecular weight is 405 g/mol. The maximum absolute atomic E-state index is 12.5. The van der Waals surface area contributed by atoms with Crippen molar-refractivity contribution in [2.45, 2.75) is 71.6 Å². The van der Waals surface area contributed by atoms with Crippen molar-refractivity contribution in [1.82, 2.24) is 0 Å². The van der Waals surface area contributed by atoms with Crippen LogP contribution in [0.15, 0.2) is 30.4 Å². The van der Waals surface area contributed by atoms with Crippen molar-refractivity contribution in [3.05, 3.63) is 47.1 Å². The van der Waals surface area contributed by atoms with Crippen LogP contribution in [0.5, 0.6) is 11.5 Å². The van der Waals surface area contributed by atoms with Crippen molar-refractivity contribution in [3.63, 3.8) is 0 Å². The third-order valence-corrected chi connectivity index (χ3v) is 4.92. The maximum atomic E-state index is 12.5. The zero-order chi connectivity index (χ0) is 21.8. The zero-order valence-electron chi connectivity index (χ0n) is 18.0. The van der Waals surface area contributed by atoms with Crippen molar-refractivity contribution >= 4 is 5.97 Å². The molecule has 0 spiro atoms. The number of carbonyl (C=O) groups excluding carboxylic acids is 1. The van der Waals surface area contributed by atoms with E-state index in [1.165, 1.54) is 5.57 Å². The predicted octanol–water partition coefficient (Wildman–Crippen LogP) is 5.39. The number of aliphatic hydroxyl groups is 1. The van der Waals surface area contributed by atoms with Crippen molar-refractivity contribution in [2.24, 2.45) is 0 Å². The molecule has 0 saturated heterocycles. The van der Waals surface area contributed by atoms with Crippen LogP contribution < -0.4 is 0 Å². The molecule has 1 aromatic rings. The minimum absolute atomic E-state index is 0.0312. The van der Waals surface area contributed by atoms with Gasteiger partial charge in [0.25, 0.3) is 0 Å². The Morgan fingerprint density at radius 2 is 2.03 bits per heavy atom. The van der Waals surface area contributed by atoms with Crippen LogP contribution in [0.2, 0.25) is 0 Å². The molecule has 0 aliphatic heterocycles. The Labute approximate surface area is 174 Å². The number of aromatic hydroxyl groups is 2. The lowest BCUT2D eigenvalue weighted by atomic mass is 9.83. The van der Waals surface area contributed by atoms with Crippen molar-refractivity contribution < 1.29 is 24.9 Å². The van der Waals surface area contributed by atoms with E-state index in [0.717, 1.165) is 38.5 Å². The van der Waals surface area contributed by atoms with Crippen LogP contribution in [0.4, 0.5) is 0 Å². The smallest absolute Gasteiger partial charge is 0.342 e. The third kappa shape index (κ3) is 7.24. The highest BCUT2D eigenvalue weighted by Crippen LogP contribution is 2.44. The summed E-state index contributed by atoms with van der Waals surface area (Å²) in [6, 6.07) is 1.60. The largest absolute Gasteiger partial charge is 0.507 e. The Kier molecular flexibility index (Phi) is 11.1. The lowest BCUT2D eigenvalue weighted by molar-refractivity contribution is 0.0429. The van der Waals surface area contributed by atoms with E-state index < -0.39 is 5.97 Å². The van der Waals surface area contributed by atoms with Crippen molar-refractivity contribution in [1.29, 1.82) is 0 Å². The third-order valence-electron chi connectivity index (χ3n) is 4.92. The van der Waals surface area contributed by atoms with Crippen LogP contribution in [-0.4, -0.2) is 34.5 Å². The minimum Gasteiger partial charge on any atom is -0.507 e. The average Bonchev–Trinajstić information content (AvgIpc) is 2.67. The van der Waals surface area contributed by atoms with E-state index in [2.05, 4.69) is 19.6 Å². The number of aryl methyl sites for hydroxylation is 1. The van der Waals surface area contributed by atoms with Gasteiger partial charge < -0.3 is 20.1 Å². The van der Waals surface area contributed by atoms with Gasteiger partial charge in [0.1, 0.15) is 23.7 Å². The van der Waals surface area contributed by atoms with Gasteiger partial charge in [0.2, 0.25) is 0 Å². The first-order valence-corrected chi connectivity index (χ1v) is 10.5. The van der Waals surface area contributed by atoms with Gasteiger partial charge >= 0.3 is 5.97 Å². The van der Waals surface area contributed by atoms with E-state index in [0.29, 0.717) is 17.5 Å². The molecule has 0 fully saturated rings. The first-order chi connectivity index (χ1) is 13.9. The molecule has 5 nitrogen and oxygen atoms in total. The first-order valence-electron chi connectivity index (χ1n) is 10.5. The van der Waals surface area contributed by atoms with Crippen LogP contribution in [-0.2, 0) is 11.2 Å². The summed E-state index contributed by atoms with van der Waals surface area (Å²) in [6.45, 7) is 8.99. The van der Waals surface area contributed by atoms with Crippen LogP contribution in [0, 0.1) is 0 Å². The van der Waals surface area contributed by atoms with Gasteiger partial charge in [-0.15, -0.1) is 6.58 Å². The molecule has 0 radical (unpaired) electrons. The number of carbonyl (C=O) groups is 1. The van der Waals surface area contributed by atoms with E-state index >= 15 is 0 Å². The lowest BCUT2D eigenvalue weighted by Gasteiger charge is -2.24. The first kappa shape index (κ1) is 24.8. The molecule has 0 amide bonds. The molecule has 1 aliphatic carbocycles. The molecule has 1 aliphatic rings. The van der Waals surface area contributed by atoms with Crippen molar-refractivity contribution in [3.8, 4) is 11.5 Å². The van der Waals surface area contributed by atoms with Gasteiger partial charge in [0.15, 0.2) is 0 Å². The summed E-state index contributed by atoms with van der Waals surface area (Å²) in [7, 11) is 0. The number of aliphatic hydroxyl groups excluding tert-OH is 1. The monoisotopic (exact) mass is 404 g/mol. The molecule has 0 saturated carbocycles. The Morgan fingerprint density at radius 3 is 2.62 bits per heavy atom. The molecular formula is C24H36O5. The molecule has 29 heavy (non-hydrogen) atoms. The zero-order valence-corrected chi connectivity index (χ0v) is 18.0. The number of phenolic OH excluding ortho intramolecular Hbond substituents is 2. The molecule has 0 aromatic heterocycles. The summed E-state index contributed by atoms with van der Waals surface area (Å²) in [6.07, 6.45) is 10.1. The summed E-state index contributed by atoms with van der Waals surface area (Å²) >= 11 is 0. The van der Waals surface area contributed by atoms with E-state index in [4.69, 9.17) is 9.84 Å². The predicted molar refractivity (Wildman–Crippen MR) is 117 cm³/mol. The second kappa shape index (κ2) is 13.0. The fourth-order valence-electron chi connectivity index (χ4n) is 3.63. The summed E-state index contributed by atoms with van der Waals surface area (Å²) in [5, 5.41) is 30.3. The Morgan fingerprint density at radius 1 is 1.34 bits per heavy atom. The topological polar surface area (TPSA) is 87.0 Å². The molecule has 1 aromatic carbocycles. The SMILES string of the molecule is C=CC.CCCCCc1cc(O)c(C2C=C(C)CCC2)c(O)c1C(=O)OCCO. The summed E-state index contributed by atoms with van der Waals surface area (Å²) in [4.78, 5) is 12.5. The number of allylic oxidation sites excluding steroid dienone is 3. The second-order valence-electron chi connectivity index (χ2n) is 7.43. The molecular weight excluding hydrogens is 368 g/mol. The van der Waals surface area contributed by atoms with Gasteiger partial charge in [-0.05, 0) is 57.6 Å². The minimum atomic E-state index is -0.652. The second-order valence-corrected chi connectivity index (χ2v) is 7.43. The van der Waals surface area contributed by atoms with E-state index in [1.807, 2.05) is 13.8 Å². The fraction of sp³-hybridized carbons (Fsp3) is 0.542. The summed E-state index contributed by atoms with van der Waals surface area (Å²) in [5.41, 5.74) is 2.34. The number of esters is 1. The molecule has 2 rings (SSSR count). The van der Waals surface area contributed by atoms with E-state index in [1.54, 1.807) is 12.1 Å². The van der Waals surface area contributed by atoms with Gasteiger partial charge in [-0.3, -0.25) is 0 Å². The molecule has 3 N–H and O–H groups in total. The number of benzene rings is 1. The van der Waals surface area contributed by atoms with E-state index in [-0.39, 0.29) is 36.2 Å². The quantitative estimate of drug-likeness (QED) is 0.307. The molecule has 1 atom stereocenters. The van der Waals surface area contributed by atoms with Crippen LogP contribution in [0.25, 0.3) is 0 Å². The molecule has 0 bridgehead atoms. The van der Waals surface area contributed by atoms with Gasteiger partial charge in [-0.2, -0.15) is 0 Å². The highest BCUT2D eigenvalue weighted by Gasteiger charge is 2.28. The van der Waals surface area contributed by atoms with Crippen LogP contribution in [0.1, 0.15) is 86.7 Å². The summed E-state index contributed by atoms with van der Waals surface area (Å²) in [5.74, 6) is -0.919. The maximum Gasteiger partial charge on any atom is 0.342 e. The normalized spacial score (nSPS) is 15.7. The molecule has 1 unspecified atom stereocenters. The van der Waals surface area contributed by atoms with Gasteiger partial charge in [-0.25, -0.2) is 4.79 Å². The number of hydrogen-bond donors (Lipinski definition) is 3. The number of rotatable bonds is 8. The standard InChI is InChI=1S/C21H30O5.C3H6/c1-3-4-5-8-16-13-17(23)18(15-9-6-7-14(2)12-15)20(24)19(16)21(25)26-11-10-22;1-3-2/h12-13,15,22-24H,3-11H2,1-2H3;3H,1H2,2H3. The van der Waals surface area contributed by atoms with E-state index in [9.17, 15) is 15.0 Å². The van der Waals surface area contributed by atoms with Crippen LogP contribution >= 0.6 is 0 Å². The Balaban J connectivity index is 0.00000132. The Bertz CT molecular complexity index is 706. The lowest BCUT2D eigenvalue weighted by Crippen LogP contribution is -2.14. The van der Waals surface area contributed by atoms with Gasteiger partial charge in [0, 0.05) is 11.5 Å². The van der Waals surface area contributed by atoms with Gasteiger partial charge in [-0.1, -0.05) is 37.5 Å². The number of ether oxygens (including phenoxy) is 1. The summed E-state index contributed by atoms with van der Waals surface area (Å²) < 4.78 is 5.06. The number of phenols is 2. The van der Waals surface area contributed by atoms with Gasteiger partial charge in [0.05, 0.1) is 6.61 Å². The van der Waals surface area contributed by atoms with Crippen molar-refractivity contribution in [2.75, 3.05) is 13.2 Å². The molecule has 0 heterocycles. The van der Waals surface area contributed by atoms with Crippen LogP contribution in [0.3, 0.4) is 0 Å². The fourth-order valence-corrected chi connectivity index (χ4v) is 3.63.